The number of azide groups is 1. The van der Waals surface area contributed by atoms with Crippen LogP contribution in [0, 0.1) is 11.2 Å². The Hall–Kier alpha value is -3.20. The number of carbonyl (C=O) groups excluding carboxylic acids is 1. The molecule has 1 aliphatic heterocycles. The molecule has 202 valence electrons. The summed E-state index contributed by atoms with van der Waals surface area (Å²) in [6.07, 6.45) is 3.01. The van der Waals surface area contributed by atoms with Crippen molar-refractivity contribution < 1.29 is 19.0 Å². The minimum Gasteiger partial charge on any atom is -0.386 e. The van der Waals surface area contributed by atoms with Crippen molar-refractivity contribution in [2.24, 2.45) is 10.5 Å². The van der Waals surface area contributed by atoms with Crippen molar-refractivity contribution in [2.75, 3.05) is 13.2 Å². The summed E-state index contributed by atoms with van der Waals surface area (Å²) in [5.41, 5.74) is 6.76. The molecule has 1 fully saturated rings. The lowest BCUT2D eigenvalue weighted by molar-refractivity contribution is -0.126. The summed E-state index contributed by atoms with van der Waals surface area (Å²) in [5.74, 6) is -1.18. The number of aliphatic hydroxyl groups is 1. The summed E-state index contributed by atoms with van der Waals surface area (Å²) in [6, 6.07) is 12.8. The van der Waals surface area contributed by atoms with Crippen LogP contribution in [0.15, 0.2) is 59.8 Å². The van der Waals surface area contributed by atoms with E-state index < -0.39 is 28.5 Å². The molecule has 1 saturated carbocycles. The summed E-state index contributed by atoms with van der Waals surface area (Å²) in [7, 11) is 0. The van der Waals surface area contributed by atoms with E-state index in [1.54, 1.807) is 36.4 Å². The third kappa shape index (κ3) is 5.09. The van der Waals surface area contributed by atoms with E-state index in [-0.39, 0.29) is 36.4 Å². The Bertz CT molecular complexity index is 1470. The van der Waals surface area contributed by atoms with E-state index >= 15 is 4.39 Å². The monoisotopic (exact) mass is 569 g/mol. The summed E-state index contributed by atoms with van der Waals surface area (Å²) >= 11 is 12.2. The molecule has 2 aromatic carbocycles. The second kappa shape index (κ2) is 10.1. The second-order valence-electron chi connectivity index (χ2n) is 10.6. The van der Waals surface area contributed by atoms with Crippen molar-refractivity contribution >= 4 is 29.1 Å². The minimum absolute atomic E-state index is 0.0199. The Morgan fingerprint density at radius 2 is 1.87 bits per heavy atom. The van der Waals surface area contributed by atoms with Crippen molar-refractivity contribution in [1.82, 2.24) is 9.88 Å². The fraction of sp³-hybridized carbons (Fsp3) is 0.357. The Morgan fingerprint density at radius 1 is 1.18 bits per heavy atom. The number of amides is 1. The third-order valence-corrected chi connectivity index (χ3v) is 7.82. The molecule has 1 amide bonds. The van der Waals surface area contributed by atoms with E-state index in [1.165, 1.54) is 37.1 Å². The van der Waals surface area contributed by atoms with E-state index in [9.17, 15) is 9.90 Å². The van der Waals surface area contributed by atoms with Crippen LogP contribution in [0.3, 0.4) is 0 Å². The van der Waals surface area contributed by atoms with Crippen LogP contribution < -0.4 is 0 Å². The molecule has 1 unspecified atom stereocenters. The molecular formula is C28H26Cl2FN5O3. The molecule has 2 heterocycles. The molecule has 0 radical (unpaired) electrons. The van der Waals surface area contributed by atoms with Crippen LogP contribution in [0.2, 0.25) is 10.0 Å². The highest BCUT2D eigenvalue weighted by Crippen LogP contribution is 2.52. The van der Waals surface area contributed by atoms with Gasteiger partial charge in [0.05, 0.1) is 40.6 Å². The topological polar surface area (TPSA) is 111 Å². The maximum absolute atomic E-state index is 16.2. The van der Waals surface area contributed by atoms with E-state index in [2.05, 4.69) is 15.0 Å². The van der Waals surface area contributed by atoms with Crippen molar-refractivity contribution in [2.45, 2.75) is 44.6 Å². The van der Waals surface area contributed by atoms with Gasteiger partial charge in [-0.05, 0) is 79.6 Å². The highest BCUT2D eigenvalue weighted by Gasteiger charge is 2.56. The Morgan fingerprint density at radius 3 is 2.46 bits per heavy atom. The van der Waals surface area contributed by atoms with Gasteiger partial charge in [0.15, 0.2) is 5.72 Å². The van der Waals surface area contributed by atoms with Crippen molar-refractivity contribution in [3.63, 3.8) is 0 Å². The van der Waals surface area contributed by atoms with Gasteiger partial charge in [0.25, 0.3) is 5.91 Å². The van der Waals surface area contributed by atoms with Gasteiger partial charge >= 0.3 is 0 Å². The highest BCUT2D eigenvalue weighted by molar-refractivity contribution is 6.30. The SMILES string of the molecule is CC(C)(O)c1cc(F)c2c(c1)C(=O)N(Cc1ccc(Cl)cn1)C2(OCC1(CN=[N+]=[N-])CC1)c1ccc(Cl)cc1. The smallest absolute Gasteiger partial charge is 0.257 e. The summed E-state index contributed by atoms with van der Waals surface area (Å²) in [6.45, 7) is 3.36. The number of pyridine rings is 1. The lowest BCUT2D eigenvalue weighted by atomic mass is 9.88. The number of hydrogen-bond acceptors (Lipinski definition) is 5. The Balaban J connectivity index is 1.72. The first kappa shape index (κ1) is 27.4. The van der Waals surface area contributed by atoms with Gasteiger partial charge in [0.1, 0.15) is 5.82 Å². The molecule has 0 spiro atoms. The van der Waals surface area contributed by atoms with Crippen LogP contribution in [-0.4, -0.2) is 34.0 Å². The number of fused-ring (bicyclic) bond motifs is 1. The number of benzene rings is 2. The van der Waals surface area contributed by atoms with Gasteiger partial charge in [-0.1, -0.05) is 40.4 Å². The van der Waals surface area contributed by atoms with Crippen molar-refractivity contribution in [3.05, 3.63) is 109 Å². The predicted molar refractivity (Wildman–Crippen MR) is 145 cm³/mol. The summed E-state index contributed by atoms with van der Waals surface area (Å²) in [5, 5.41) is 15.3. The number of nitrogens with zero attached hydrogens (tertiary/aromatic N) is 5. The first-order chi connectivity index (χ1) is 18.5. The van der Waals surface area contributed by atoms with Crippen LogP contribution in [-0.2, 0) is 22.6 Å². The molecule has 5 rings (SSSR count). The molecule has 8 nitrogen and oxygen atoms in total. The van der Waals surface area contributed by atoms with Crippen LogP contribution in [0.5, 0.6) is 0 Å². The molecule has 2 aliphatic rings. The summed E-state index contributed by atoms with van der Waals surface area (Å²) < 4.78 is 22.9. The Labute approximate surface area is 235 Å². The minimum atomic E-state index is -1.69. The average molecular weight is 570 g/mol. The van der Waals surface area contributed by atoms with Crippen molar-refractivity contribution in [1.29, 1.82) is 0 Å². The Kier molecular flexibility index (Phi) is 7.07. The highest BCUT2D eigenvalue weighted by atomic mass is 35.5. The van der Waals surface area contributed by atoms with Gasteiger partial charge in [-0.2, -0.15) is 0 Å². The zero-order valence-electron chi connectivity index (χ0n) is 21.4. The van der Waals surface area contributed by atoms with E-state index in [0.29, 0.717) is 21.3 Å². The number of ether oxygens (including phenoxy) is 1. The number of hydrogen-bond donors (Lipinski definition) is 1. The number of halogens is 3. The molecule has 1 atom stereocenters. The second-order valence-corrected chi connectivity index (χ2v) is 11.5. The van der Waals surface area contributed by atoms with Gasteiger partial charge in [0, 0.05) is 28.2 Å². The fourth-order valence-electron chi connectivity index (χ4n) is 4.91. The number of rotatable bonds is 9. The van der Waals surface area contributed by atoms with Crippen molar-refractivity contribution in [3.8, 4) is 0 Å². The fourth-order valence-corrected chi connectivity index (χ4v) is 5.15. The van der Waals surface area contributed by atoms with E-state index in [4.69, 9.17) is 33.5 Å². The molecule has 1 N–H and O–H groups in total. The molecule has 1 aromatic heterocycles. The van der Waals surface area contributed by atoms with Gasteiger partial charge in [-0.3, -0.25) is 14.7 Å². The predicted octanol–water partition coefficient (Wildman–Crippen LogP) is 6.72. The summed E-state index contributed by atoms with van der Waals surface area (Å²) in [4.78, 5) is 22.8. The van der Waals surface area contributed by atoms with Crippen LogP contribution >= 0.6 is 23.2 Å². The largest absolute Gasteiger partial charge is 0.386 e. The lowest BCUT2D eigenvalue weighted by Crippen LogP contribution is -2.48. The van der Waals surface area contributed by atoms with Gasteiger partial charge in [-0.15, -0.1) is 0 Å². The molecule has 3 aromatic rings. The number of carbonyl (C=O) groups is 1. The maximum atomic E-state index is 16.2. The average Bonchev–Trinajstić information content (AvgIpc) is 3.63. The van der Waals surface area contributed by atoms with Crippen LogP contribution in [0.1, 0.15) is 59.4 Å². The maximum Gasteiger partial charge on any atom is 0.257 e. The van der Waals surface area contributed by atoms with Gasteiger partial charge in [-0.25, -0.2) is 4.39 Å². The molecule has 0 bridgehead atoms. The van der Waals surface area contributed by atoms with Gasteiger partial charge < -0.3 is 9.84 Å². The molecular weight excluding hydrogens is 544 g/mol. The normalized spacial score (nSPS) is 19.5. The first-order valence-electron chi connectivity index (χ1n) is 12.4. The van der Waals surface area contributed by atoms with Crippen LogP contribution in [0.25, 0.3) is 10.4 Å². The zero-order chi connectivity index (χ0) is 28.0. The van der Waals surface area contributed by atoms with E-state index in [1.807, 2.05) is 0 Å². The zero-order valence-corrected chi connectivity index (χ0v) is 22.9. The van der Waals surface area contributed by atoms with E-state index in [0.717, 1.165) is 12.8 Å². The standard InChI is InChI=1S/C28H26Cl2FN5O3/c1-26(2,38)18-11-22-24(23(31)12-18)28(17-3-5-19(29)6-4-17,39-16-27(9-10-27)15-34-35-32)36(25(22)37)14-21-8-7-20(30)13-33-21/h3-8,11-13,38H,9-10,14-16H2,1-2H3. The quantitative estimate of drug-likeness (QED) is 0.175. The molecule has 1 aliphatic carbocycles. The molecule has 39 heavy (non-hydrogen) atoms. The van der Waals surface area contributed by atoms with Gasteiger partial charge in [0.2, 0.25) is 0 Å². The molecule has 11 heteroatoms. The first-order valence-corrected chi connectivity index (χ1v) is 13.1. The third-order valence-electron chi connectivity index (χ3n) is 7.35. The number of aromatic nitrogens is 1. The van der Waals surface area contributed by atoms with Crippen LogP contribution in [0.4, 0.5) is 4.39 Å². The lowest BCUT2D eigenvalue weighted by Gasteiger charge is -2.40. The molecule has 0 saturated heterocycles.